The number of likely N-dealkylation sites (tertiary alicyclic amines) is 1. The molecule has 2 fully saturated rings. The molecule has 202 valence electrons. The molecule has 0 aliphatic carbocycles. The number of methoxy groups -OCH3 is 1. The minimum absolute atomic E-state index is 0.0561. The Morgan fingerprint density at radius 3 is 2.71 bits per heavy atom. The summed E-state index contributed by atoms with van der Waals surface area (Å²) in [6, 6.07) is 8.80. The third-order valence-electron chi connectivity index (χ3n) is 8.14. The van der Waals surface area contributed by atoms with E-state index in [4.69, 9.17) is 4.74 Å². The summed E-state index contributed by atoms with van der Waals surface area (Å²) in [7, 11) is 1.40. The van der Waals surface area contributed by atoms with Crippen molar-refractivity contribution in [3.05, 3.63) is 47.5 Å². The fourth-order valence-corrected chi connectivity index (χ4v) is 5.76. The Kier molecular flexibility index (Phi) is 7.11. The molecule has 2 aromatic heterocycles. The molecule has 8 nitrogen and oxygen atoms in total. The SMILES string of the molecule is CCc1cc(C(=O)N2CCCCC[C@H]2C)nc2cc(-c3ccc(N4CCC(C)(C(=O)OC)C4)cc3F)nn12. The number of halogens is 1. The lowest BCUT2D eigenvalue weighted by Crippen LogP contribution is -2.38. The van der Waals surface area contributed by atoms with Gasteiger partial charge in [0.1, 0.15) is 11.5 Å². The van der Waals surface area contributed by atoms with E-state index in [9.17, 15) is 9.59 Å². The summed E-state index contributed by atoms with van der Waals surface area (Å²) in [5, 5.41) is 4.66. The van der Waals surface area contributed by atoms with Gasteiger partial charge in [0.2, 0.25) is 0 Å². The van der Waals surface area contributed by atoms with Crippen LogP contribution >= 0.6 is 0 Å². The molecule has 4 heterocycles. The molecule has 3 aromatic rings. The normalized spacial score (nSPS) is 22.1. The van der Waals surface area contributed by atoms with Gasteiger partial charge in [-0.1, -0.05) is 19.8 Å². The number of hydrogen-bond donors (Lipinski definition) is 0. The minimum atomic E-state index is -0.603. The second-order valence-corrected chi connectivity index (χ2v) is 10.9. The van der Waals surface area contributed by atoms with Crippen LogP contribution in [0.25, 0.3) is 16.9 Å². The van der Waals surface area contributed by atoms with Gasteiger partial charge in [-0.15, -0.1) is 0 Å². The summed E-state index contributed by atoms with van der Waals surface area (Å²) in [4.78, 5) is 34.2. The maximum Gasteiger partial charge on any atom is 0.313 e. The summed E-state index contributed by atoms with van der Waals surface area (Å²) < 4.78 is 22.1. The van der Waals surface area contributed by atoms with Crippen LogP contribution < -0.4 is 4.90 Å². The molecule has 9 heteroatoms. The van der Waals surface area contributed by atoms with Crippen molar-refractivity contribution in [2.75, 3.05) is 31.6 Å². The highest BCUT2D eigenvalue weighted by Crippen LogP contribution is 2.36. The number of carbonyl (C=O) groups excluding carboxylic acids is 2. The summed E-state index contributed by atoms with van der Waals surface area (Å²) in [6.45, 7) is 7.85. The number of carbonyl (C=O) groups is 2. The van der Waals surface area contributed by atoms with Crippen LogP contribution in [0.15, 0.2) is 30.3 Å². The number of benzene rings is 1. The molecule has 2 aliphatic heterocycles. The van der Waals surface area contributed by atoms with Gasteiger partial charge in [-0.2, -0.15) is 5.10 Å². The van der Waals surface area contributed by atoms with Crippen LogP contribution in [0.5, 0.6) is 0 Å². The molecular weight excluding hydrogens is 485 g/mol. The lowest BCUT2D eigenvalue weighted by molar-refractivity contribution is -0.150. The van der Waals surface area contributed by atoms with Crippen LogP contribution in [0.1, 0.15) is 69.1 Å². The topological polar surface area (TPSA) is 80.0 Å². The molecule has 1 unspecified atom stereocenters. The third-order valence-corrected chi connectivity index (χ3v) is 8.14. The van der Waals surface area contributed by atoms with Crippen LogP contribution in [0.2, 0.25) is 0 Å². The van der Waals surface area contributed by atoms with Crippen LogP contribution in [-0.4, -0.2) is 64.2 Å². The van der Waals surface area contributed by atoms with E-state index in [1.807, 2.05) is 35.8 Å². The fraction of sp³-hybridized carbons (Fsp3) is 0.517. The number of esters is 1. The van der Waals surface area contributed by atoms with Gasteiger partial charge in [0.05, 0.1) is 18.2 Å². The van der Waals surface area contributed by atoms with Crippen molar-refractivity contribution in [3.8, 4) is 11.3 Å². The molecule has 2 aliphatic rings. The highest BCUT2D eigenvalue weighted by atomic mass is 19.1. The highest BCUT2D eigenvalue weighted by molar-refractivity contribution is 5.93. The van der Waals surface area contributed by atoms with Gasteiger partial charge in [-0.3, -0.25) is 9.59 Å². The number of nitrogens with zero attached hydrogens (tertiary/aromatic N) is 5. The van der Waals surface area contributed by atoms with Crippen molar-refractivity contribution < 1.29 is 18.7 Å². The van der Waals surface area contributed by atoms with E-state index in [1.54, 1.807) is 16.6 Å². The van der Waals surface area contributed by atoms with E-state index in [2.05, 4.69) is 17.0 Å². The first-order valence-corrected chi connectivity index (χ1v) is 13.6. The maximum absolute atomic E-state index is 15.4. The summed E-state index contributed by atoms with van der Waals surface area (Å²) in [5.41, 5.74) is 2.73. The van der Waals surface area contributed by atoms with E-state index in [1.165, 1.54) is 13.2 Å². The second kappa shape index (κ2) is 10.3. The quantitative estimate of drug-likeness (QED) is 0.445. The van der Waals surface area contributed by atoms with Gasteiger partial charge in [0.15, 0.2) is 5.65 Å². The first-order valence-electron chi connectivity index (χ1n) is 13.6. The molecule has 0 bridgehead atoms. The largest absolute Gasteiger partial charge is 0.469 e. The van der Waals surface area contributed by atoms with E-state index >= 15 is 4.39 Å². The Labute approximate surface area is 222 Å². The Balaban J connectivity index is 1.43. The molecule has 0 spiro atoms. The van der Waals surface area contributed by atoms with E-state index in [0.29, 0.717) is 48.5 Å². The zero-order valence-electron chi connectivity index (χ0n) is 22.7. The number of amides is 1. The number of hydrogen-bond acceptors (Lipinski definition) is 6. The molecule has 38 heavy (non-hydrogen) atoms. The minimum Gasteiger partial charge on any atom is -0.469 e. The summed E-state index contributed by atoms with van der Waals surface area (Å²) >= 11 is 0. The molecule has 2 atom stereocenters. The van der Waals surface area contributed by atoms with Crippen molar-refractivity contribution in [1.29, 1.82) is 0 Å². The predicted octanol–water partition coefficient (Wildman–Crippen LogP) is 4.89. The first kappa shape index (κ1) is 26.1. The molecule has 1 amide bonds. The van der Waals surface area contributed by atoms with Crippen molar-refractivity contribution in [3.63, 3.8) is 0 Å². The average Bonchev–Trinajstić information content (AvgIpc) is 3.46. The molecule has 0 radical (unpaired) electrons. The third kappa shape index (κ3) is 4.74. The lowest BCUT2D eigenvalue weighted by atomic mass is 9.90. The van der Waals surface area contributed by atoms with Gasteiger partial charge >= 0.3 is 5.97 Å². The smallest absolute Gasteiger partial charge is 0.313 e. The Morgan fingerprint density at radius 2 is 1.97 bits per heavy atom. The average molecular weight is 522 g/mol. The van der Waals surface area contributed by atoms with E-state index in [-0.39, 0.29) is 17.9 Å². The van der Waals surface area contributed by atoms with Gasteiger partial charge in [-0.05, 0) is 63.8 Å². The zero-order chi connectivity index (χ0) is 27.0. The van der Waals surface area contributed by atoms with Crippen molar-refractivity contribution in [2.24, 2.45) is 5.41 Å². The van der Waals surface area contributed by atoms with Gasteiger partial charge < -0.3 is 14.5 Å². The Morgan fingerprint density at radius 1 is 1.16 bits per heavy atom. The predicted molar refractivity (Wildman–Crippen MR) is 144 cm³/mol. The van der Waals surface area contributed by atoms with Crippen LogP contribution in [0, 0.1) is 11.2 Å². The van der Waals surface area contributed by atoms with E-state index in [0.717, 1.165) is 43.6 Å². The monoisotopic (exact) mass is 521 g/mol. The maximum atomic E-state index is 15.4. The fourth-order valence-electron chi connectivity index (χ4n) is 5.76. The summed E-state index contributed by atoms with van der Waals surface area (Å²) in [6.07, 6.45) is 5.59. The van der Waals surface area contributed by atoms with Crippen LogP contribution in [-0.2, 0) is 16.0 Å². The van der Waals surface area contributed by atoms with Crippen LogP contribution in [0.3, 0.4) is 0 Å². The molecule has 0 N–H and O–H groups in total. The van der Waals surface area contributed by atoms with Crippen molar-refractivity contribution in [1.82, 2.24) is 19.5 Å². The first-order chi connectivity index (χ1) is 18.2. The summed E-state index contributed by atoms with van der Waals surface area (Å²) in [5.74, 6) is -0.700. The molecule has 0 saturated carbocycles. The number of anilines is 1. The standard InChI is InChI=1S/C29H36FN5O3/c1-5-20-16-25(27(36)34-13-8-6-7-9-19(34)2)31-26-17-24(32-35(20)26)22-11-10-21(15-23(22)30)33-14-12-29(3,18-33)28(37)38-4/h10-11,15-17,19H,5-9,12-14,18H2,1-4H3/t19-,29?/m1/s1. The van der Waals surface area contributed by atoms with Gasteiger partial charge in [-0.25, -0.2) is 13.9 Å². The molecular formula is C29H36FN5O3. The number of ether oxygens (including phenoxy) is 1. The number of fused-ring (bicyclic) bond motifs is 1. The Bertz CT molecular complexity index is 1370. The lowest BCUT2D eigenvalue weighted by Gasteiger charge is -2.27. The highest BCUT2D eigenvalue weighted by Gasteiger charge is 2.41. The van der Waals surface area contributed by atoms with Crippen LogP contribution in [0.4, 0.5) is 10.1 Å². The second-order valence-electron chi connectivity index (χ2n) is 10.9. The molecule has 5 rings (SSSR count). The van der Waals surface area contributed by atoms with Crippen molar-refractivity contribution in [2.45, 2.75) is 65.3 Å². The number of rotatable bonds is 5. The van der Waals surface area contributed by atoms with Gasteiger partial charge in [0, 0.05) is 48.7 Å². The number of aromatic nitrogens is 3. The Hall–Kier alpha value is -3.49. The van der Waals surface area contributed by atoms with E-state index < -0.39 is 11.2 Å². The van der Waals surface area contributed by atoms with Gasteiger partial charge in [0.25, 0.3) is 5.91 Å². The molecule has 1 aromatic carbocycles. The van der Waals surface area contributed by atoms with Crippen molar-refractivity contribution >= 4 is 23.2 Å². The molecule has 2 saturated heterocycles. The zero-order valence-corrected chi connectivity index (χ0v) is 22.7. The number of aryl methyl sites for hydroxylation is 1.